The van der Waals surface area contributed by atoms with Crippen molar-refractivity contribution >= 4 is 57.2 Å². The molecule has 0 aliphatic heterocycles. The van der Waals surface area contributed by atoms with Crippen LogP contribution >= 0.6 is 0 Å². The zero-order valence-electron chi connectivity index (χ0n) is 22.9. The lowest BCUT2D eigenvalue weighted by molar-refractivity contribution is -0.119. The summed E-state index contributed by atoms with van der Waals surface area (Å²) in [6, 6.07) is 11.1. The molecule has 4 rings (SSSR count). The van der Waals surface area contributed by atoms with Crippen LogP contribution in [-0.2, 0) is 31.9 Å². The highest BCUT2D eigenvalue weighted by Gasteiger charge is 2.08. The lowest BCUT2D eigenvalue weighted by Gasteiger charge is -2.05. The van der Waals surface area contributed by atoms with E-state index in [0.717, 1.165) is 45.8 Å². The quantitative estimate of drug-likeness (QED) is 0.194. The van der Waals surface area contributed by atoms with Gasteiger partial charge in [-0.1, -0.05) is 0 Å². The van der Waals surface area contributed by atoms with E-state index < -0.39 is 12.2 Å². The van der Waals surface area contributed by atoms with Gasteiger partial charge >= 0.3 is 12.2 Å². The third-order valence-corrected chi connectivity index (χ3v) is 5.94. The SMILES string of the molecule is COC(=O)Nc1ccc2[nH]cc(CCNC(C)=O)c2c1.COC(=O)Nc1ccc2[nH]cc(CCNC(C)=O)c2c1. The molecule has 0 atom stereocenters. The van der Waals surface area contributed by atoms with Gasteiger partial charge in [-0.25, -0.2) is 9.59 Å². The van der Waals surface area contributed by atoms with Crippen molar-refractivity contribution in [2.75, 3.05) is 37.9 Å². The molecular weight excluding hydrogens is 516 g/mol. The molecule has 2 aromatic heterocycles. The highest BCUT2D eigenvalue weighted by Crippen LogP contribution is 2.24. The van der Waals surface area contributed by atoms with E-state index in [1.54, 1.807) is 12.1 Å². The number of rotatable bonds is 8. The molecule has 0 saturated carbocycles. The normalized spacial score (nSPS) is 10.3. The number of ether oxygens (including phenoxy) is 2. The van der Waals surface area contributed by atoms with E-state index in [0.29, 0.717) is 24.5 Å². The first-order valence-electron chi connectivity index (χ1n) is 12.6. The van der Waals surface area contributed by atoms with Crippen LogP contribution < -0.4 is 21.3 Å². The number of hydrogen-bond acceptors (Lipinski definition) is 6. The van der Waals surface area contributed by atoms with Crippen LogP contribution in [0, 0.1) is 0 Å². The van der Waals surface area contributed by atoms with Gasteiger partial charge in [0.25, 0.3) is 0 Å². The summed E-state index contributed by atoms with van der Waals surface area (Å²) in [4.78, 5) is 50.5. The van der Waals surface area contributed by atoms with E-state index in [2.05, 4.69) is 40.7 Å². The Hall–Kier alpha value is -5.00. The molecule has 12 heteroatoms. The molecule has 0 bridgehead atoms. The summed E-state index contributed by atoms with van der Waals surface area (Å²) in [6.07, 6.45) is 4.27. The van der Waals surface area contributed by atoms with Crippen molar-refractivity contribution in [2.24, 2.45) is 0 Å². The largest absolute Gasteiger partial charge is 0.453 e. The molecule has 0 radical (unpaired) electrons. The van der Waals surface area contributed by atoms with Gasteiger partial charge in [-0.3, -0.25) is 20.2 Å². The molecule has 212 valence electrons. The van der Waals surface area contributed by atoms with E-state index in [1.807, 2.05) is 36.7 Å². The summed E-state index contributed by atoms with van der Waals surface area (Å²) in [5.74, 6) is -0.0872. The molecule has 0 spiro atoms. The lowest BCUT2D eigenvalue weighted by Crippen LogP contribution is -2.22. The van der Waals surface area contributed by atoms with Crippen LogP contribution in [0.4, 0.5) is 21.0 Å². The first-order valence-corrected chi connectivity index (χ1v) is 12.6. The number of hydrogen-bond donors (Lipinski definition) is 6. The predicted octanol–water partition coefficient (Wildman–Crippen LogP) is 4.05. The third-order valence-electron chi connectivity index (χ3n) is 5.94. The Kier molecular flexibility index (Phi) is 10.5. The van der Waals surface area contributed by atoms with Crippen LogP contribution in [0.1, 0.15) is 25.0 Å². The molecule has 4 amide bonds. The third kappa shape index (κ3) is 8.51. The molecule has 0 fully saturated rings. The van der Waals surface area contributed by atoms with Crippen molar-refractivity contribution in [1.82, 2.24) is 20.6 Å². The molecule has 2 aromatic carbocycles. The fourth-order valence-electron chi connectivity index (χ4n) is 4.01. The van der Waals surface area contributed by atoms with E-state index in [9.17, 15) is 19.2 Å². The maximum absolute atomic E-state index is 11.2. The van der Waals surface area contributed by atoms with Crippen molar-refractivity contribution in [2.45, 2.75) is 26.7 Å². The van der Waals surface area contributed by atoms with Crippen LogP contribution in [0.5, 0.6) is 0 Å². The summed E-state index contributed by atoms with van der Waals surface area (Å²) in [5.41, 5.74) is 5.48. The van der Waals surface area contributed by atoms with Crippen molar-refractivity contribution < 1.29 is 28.7 Å². The minimum absolute atomic E-state index is 0.0436. The monoisotopic (exact) mass is 550 g/mol. The first-order chi connectivity index (χ1) is 19.2. The molecule has 0 unspecified atom stereocenters. The molecular formula is C28H34N6O6. The van der Waals surface area contributed by atoms with Gasteiger partial charge in [0.1, 0.15) is 0 Å². The summed E-state index contributed by atoms with van der Waals surface area (Å²) in [5, 5.41) is 12.8. The van der Waals surface area contributed by atoms with Crippen molar-refractivity contribution in [3.05, 3.63) is 59.9 Å². The zero-order valence-corrected chi connectivity index (χ0v) is 22.9. The molecule has 0 aliphatic carbocycles. The topological polar surface area (TPSA) is 166 Å². The number of amides is 4. The molecule has 40 heavy (non-hydrogen) atoms. The molecule has 4 aromatic rings. The highest BCUT2D eigenvalue weighted by atomic mass is 16.5. The van der Waals surface area contributed by atoms with E-state index in [1.165, 1.54) is 28.1 Å². The first kappa shape index (κ1) is 29.6. The maximum Gasteiger partial charge on any atom is 0.411 e. The van der Waals surface area contributed by atoms with Crippen LogP contribution in [0.25, 0.3) is 21.8 Å². The van der Waals surface area contributed by atoms with Crippen LogP contribution in [0.3, 0.4) is 0 Å². The van der Waals surface area contributed by atoms with Crippen molar-refractivity contribution in [1.29, 1.82) is 0 Å². The van der Waals surface area contributed by atoms with E-state index in [4.69, 9.17) is 0 Å². The van der Waals surface area contributed by atoms with Gasteiger partial charge in [0.05, 0.1) is 14.2 Å². The highest BCUT2D eigenvalue weighted by molar-refractivity contribution is 5.92. The Morgan fingerprint density at radius 1 is 0.675 bits per heavy atom. The predicted molar refractivity (Wildman–Crippen MR) is 153 cm³/mol. The Morgan fingerprint density at radius 2 is 1.07 bits per heavy atom. The van der Waals surface area contributed by atoms with Crippen LogP contribution in [-0.4, -0.2) is 61.3 Å². The summed E-state index contributed by atoms with van der Waals surface area (Å²) in [6.45, 7) is 4.15. The van der Waals surface area contributed by atoms with E-state index >= 15 is 0 Å². The number of H-pyrrole nitrogens is 2. The van der Waals surface area contributed by atoms with Gasteiger partial charge in [0.2, 0.25) is 11.8 Å². The Labute approximate surface area is 231 Å². The second kappa shape index (κ2) is 14.2. The number of carbonyl (C=O) groups excluding carboxylic acids is 4. The zero-order chi connectivity index (χ0) is 29.1. The van der Waals surface area contributed by atoms with Gasteiger partial charge in [0, 0.05) is 72.5 Å². The molecule has 0 saturated heterocycles. The summed E-state index contributed by atoms with van der Waals surface area (Å²) < 4.78 is 9.13. The van der Waals surface area contributed by atoms with Gasteiger partial charge in [-0.2, -0.15) is 0 Å². The summed E-state index contributed by atoms with van der Waals surface area (Å²) >= 11 is 0. The Morgan fingerprint density at radius 3 is 1.43 bits per heavy atom. The number of methoxy groups -OCH3 is 2. The smallest absolute Gasteiger partial charge is 0.411 e. The average Bonchev–Trinajstić information content (AvgIpc) is 3.52. The second-order valence-electron chi connectivity index (χ2n) is 8.85. The van der Waals surface area contributed by atoms with Crippen molar-refractivity contribution in [3.63, 3.8) is 0 Å². The Balaban J connectivity index is 0.000000220. The van der Waals surface area contributed by atoms with Gasteiger partial charge in [-0.05, 0) is 60.4 Å². The fourth-order valence-corrected chi connectivity index (χ4v) is 4.01. The summed E-state index contributed by atoms with van der Waals surface area (Å²) in [7, 11) is 2.64. The Bertz CT molecular complexity index is 1380. The minimum atomic E-state index is -0.500. The van der Waals surface area contributed by atoms with E-state index in [-0.39, 0.29) is 11.8 Å². The van der Waals surface area contributed by atoms with Gasteiger partial charge in [0.15, 0.2) is 0 Å². The molecule has 2 heterocycles. The second-order valence-corrected chi connectivity index (χ2v) is 8.85. The molecule has 12 nitrogen and oxygen atoms in total. The van der Waals surface area contributed by atoms with Gasteiger partial charge in [-0.15, -0.1) is 0 Å². The number of aromatic amines is 2. The number of anilines is 2. The molecule has 6 N–H and O–H groups in total. The number of nitrogens with one attached hydrogen (secondary N) is 6. The number of benzene rings is 2. The average molecular weight is 551 g/mol. The standard InChI is InChI=1S/2C14H17N3O3/c2*1-9(18)15-6-5-10-8-16-13-4-3-11(7-12(10)13)17-14(19)20-2/h2*3-4,7-8,16H,5-6H2,1-2H3,(H,15,18)(H,17,19). The fraction of sp³-hybridized carbons (Fsp3) is 0.286. The molecule has 0 aliphatic rings. The minimum Gasteiger partial charge on any atom is -0.453 e. The van der Waals surface area contributed by atoms with Crippen LogP contribution in [0.15, 0.2) is 48.8 Å². The maximum atomic E-state index is 11.2. The van der Waals surface area contributed by atoms with Crippen LogP contribution in [0.2, 0.25) is 0 Å². The van der Waals surface area contributed by atoms with Gasteiger partial charge < -0.3 is 30.1 Å². The number of aromatic nitrogens is 2. The number of fused-ring (bicyclic) bond motifs is 2. The number of carbonyl (C=O) groups is 4. The van der Waals surface area contributed by atoms with Crippen molar-refractivity contribution in [3.8, 4) is 0 Å². The lowest BCUT2D eigenvalue weighted by atomic mass is 10.1.